The summed E-state index contributed by atoms with van der Waals surface area (Å²) in [6, 6.07) is 7.23. The van der Waals surface area contributed by atoms with E-state index < -0.39 is 0 Å². The molecule has 1 aliphatic rings. The van der Waals surface area contributed by atoms with Crippen LogP contribution in [0.2, 0.25) is 5.15 Å². The molecule has 8 nitrogen and oxygen atoms in total. The van der Waals surface area contributed by atoms with E-state index in [9.17, 15) is 9.59 Å². The van der Waals surface area contributed by atoms with Gasteiger partial charge in [-0.05, 0) is 18.2 Å². The van der Waals surface area contributed by atoms with Gasteiger partial charge in [-0.25, -0.2) is 9.97 Å². The average Bonchev–Trinajstić information content (AvgIpc) is 3.36. The van der Waals surface area contributed by atoms with Crippen LogP contribution in [-0.2, 0) is 11.3 Å². The lowest BCUT2D eigenvalue weighted by molar-refractivity contribution is -0.127. The third-order valence-corrected chi connectivity index (χ3v) is 6.37. The summed E-state index contributed by atoms with van der Waals surface area (Å²) in [6.45, 7) is 3.27. The summed E-state index contributed by atoms with van der Waals surface area (Å²) in [5, 5.41) is 2.22. The quantitative estimate of drug-likeness (QED) is 0.443. The Morgan fingerprint density at radius 2 is 1.97 bits per heavy atom. The SMILES string of the molecule is O=C(C=Cc1c(Cl)nc2ccccn12)N1CCN(Cc2cc(=O)n3ccsc3n2)CC1. The summed E-state index contributed by atoms with van der Waals surface area (Å²) in [6.07, 6.45) is 6.86. The van der Waals surface area contributed by atoms with Gasteiger partial charge >= 0.3 is 0 Å². The normalized spacial score (nSPS) is 15.5. The molecule has 0 radical (unpaired) electrons. The van der Waals surface area contributed by atoms with E-state index in [0.29, 0.717) is 35.4 Å². The topological polar surface area (TPSA) is 75.2 Å². The van der Waals surface area contributed by atoms with E-state index in [2.05, 4.69) is 14.9 Å². The van der Waals surface area contributed by atoms with Crippen molar-refractivity contribution in [1.82, 2.24) is 28.6 Å². The molecule has 0 aliphatic carbocycles. The predicted octanol–water partition coefficient (Wildman–Crippen LogP) is 2.41. The second-order valence-electron chi connectivity index (χ2n) is 7.29. The van der Waals surface area contributed by atoms with Gasteiger partial charge in [0.2, 0.25) is 5.91 Å². The largest absolute Gasteiger partial charge is 0.337 e. The molecule has 0 aromatic carbocycles. The lowest BCUT2D eigenvalue weighted by atomic mass is 10.2. The third-order valence-electron chi connectivity index (χ3n) is 5.33. The molecule has 10 heteroatoms. The van der Waals surface area contributed by atoms with Crippen molar-refractivity contribution in [2.24, 2.45) is 0 Å². The molecule has 0 unspecified atom stereocenters. The van der Waals surface area contributed by atoms with E-state index in [1.54, 1.807) is 28.8 Å². The number of hydrogen-bond acceptors (Lipinski definition) is 6. The summed E-state index contributed by atoms with van der Waals surface area (Å²) in [4.78, 5) is 38.4. The average molecular weight is 455 g/mol. The second kappa shape index (κ2) is 8.26. The molecule has 4 aromatic rings. The second-order valence-corrected chi connectivity index (χ2v) is 8.52. The van der Waals surface area contributed by atoms with Gasteiger partial charge in [-0.3, -0.25) is 23.3 Å². The first kappa shape index (κ1) is 19.9. The van der Waals surface area contributed by atoms with Crippen molar-refractivity contribution in [2.45, 2.75) is 6.54 Å². The van der Waals surface area contributed by atoms with Crippen LogP contribution in [0.3, 0.4) is 0 Å². The number of piperazine rings is 1. The highest BCUT2D eigenvalue weighted by atomic mass is 35.5. The van der Waals surface area contributed by atoms with Gasteiger partial charge in [0.15, 0.2) is 10.1 Å². The zero-order valence-electron chi connectivity index (χ0n) is 16.5. The Bertz CT molecular complexity index is 1350. The fourth-order valence-electron chi connectivity index (χ4n) is 3.72. The third kappa shape index (κ3) is 3.99. The molecule has 5 rings (SSSR count). The minimum Gasteiger partial charge on any atom is -0.337 e. The van der Waals surface area contributed by atoms with E-state index >= 15 is 0 Å². The monoisotopic (exact) mass is 454 g/mol. The first-order valence-corrected chi connectivity index (χ1v) is 11.1. The number of carbonyl (C=O) groups excluding carboxylic acids is 1. The molecule has 5 heterocycles. The van der Waals surface area contributed by atoms with Gasteiger partial charge in [0.05, 0.1) is 11.4 Å². The van der Waals surface area contributed by atoms with Gasteiger partial charge in [-0.2, -0.15) is 0 Å². The van der Waals surface area contributed by atoms with Gasteiger partial charge in [-0.15, -0.1) is 11.3 Å². The molecule has 31 heavy (non-hydrogen) atoms. The van der Waals surface area contributed by atoms with E-state index in [1.807, 2.05) is 39.1 Å². The summed E-state index contributed by atoms with van der Waals surface area (Å²) in [5.41, 5.74) is 2.12. The van der Waals surface area contributed by atoms with Gasteiger partial charge in [0.25, 0.3) is 5.56 Å². The predicted molar refractivity (Wildman–Crippen MR) is 120 cm³/mol. The number of amides is 1. The zero-order valence-corrected chi connectivity index (χ0v) is 18.1. The number of thiazole rings is 1. The van der Waals surface area contributed by atoms with Gasteiger partial charge in [0.1, 0.15) is 5.65 Å². The maximum atomic E-state index is 12.7. The van der Waals surface area contributed by atoms with Crippen LogP contribution in [0.5, 0.6) is 0 Å². The van der Waals surface area contributed by atoms with Crippen molar-refractivity contribution in [3.63, 3.8) is 0 Å². The van der Waals surface area contributed by atoms with Crippen LogP contribution in [-0.4, -0.2) is 60.7 Å². The molecule has 0 N–H and O–H groups in total. The van der Waals surface area contributed by atoms with Gasteiger partial charge in [0, 0.05) is 62.6 Å². The highest BCUT2D eigenvalue weighted by molar-refractivity contribution is 7.15. The molecule has 4 aromatic heterocycles. The van der Waals surface area contributed by atoms with Crippen LogP contribution < -0.4 is 5.56 Å². The maximum absolute atomic E-state index is 12.7. The number of nitrogens with zero attached hydrogens (tertiary/aromatic N) is 6. The lowest BCUT2D eigenvalue weighted by Crippen LogP contribution is -2.48. The lowest BCUT2D eigenvalue weighted by Gasteiger charge is -2.34. The van der Waals surface area contributed by atoms with Crippen LogP contribution in [0.15, 0.2) is 52.9 Å². The van der Waals surface area contributed by atoms with E-state index in [-0.39, 0.29) is 11.5 Å². The van der Waals surface area contributed by atoms with Crippen molar-refractivity contribution in [3.8, 4) is 0 Å². The fraction of sp³-hybridized carbons (Fsp3) is 0.238. The highest BCUT2D eigenvalue weighted by Gasteiger charge is 2.20. The Morgan fingerprint density at radius 1 is 1.13 bits per heavy atom. The van der Waals surface area contributed by atoms with Gasteiger partial charge in [-0.1, -0.05) is 17.7 Å². The Kier molecular flexibility index (Phi) is 5.31. The molecule has 0 spiro atoms. The number of carbonyl (C=O) groups is 1. The minimum absolute atomic E-state index is 0.0574. The number of aromatic nitrogens is 4. The van der Waals surface area contributed by atoms with Crippen molar-refractivity contribution in [1.29, 1.82) is 0 Å². The van der Waals surface area contributed by atoms with E-state index in [0.717, 1.165) is 24.4 Å². The maximum Gasteiger partial charge on any atom is 0.258 e. The highest BCUT2D eigenvalue weighted by Crippen LogP contribution is 2.19. The van der Waals surface area contributed by atoms with Crippen LogP contribution in [0.25, 0.3) is 16.7 Å². The minimum atomic E-state index is -0.0637. The summed E-state index contributed by atoms with van der Waals surface area (Å²) in [7, 11) is 0. The molecular formula is C21H19ClN6O2S. The Balaban J connectivity index is 1.21. The van der Waals surface area contributed by atoms with Crippen molar-refractivity contribution in [3.05, 3.63) is 75.0 Å². The molecule has 0 saturated carbocycles. The van der Waals surface area contributed by atoms with Crippen LogP contribution in [0, 0.1) is 0 Å². The Hall–Kier alpha value is -3.01. The number of fused-ring (bicyclic) bond motifs is 2. The Morgan fingerprint density at radius 3 is 2.81 bits per heavy atom. The Labute approximate surface area is 186 Å². The van der Waals surface area contributed by atoms with Crippen LogP contribution in [0.1, 0.15) is 11.4 Å². The van der Waals surface area contributed by atoms with Crippen LogP contribution in [0.4, 0.5) is 0 Å². The molecule has 1 saturated heterocycles. The molecule has 0 bridgehead atoms. The fourth-order valence-corrected chi connectivity index (χ4v) is 4.69. The number of rotatable bonds is 4. The van der Waals surface area contributed by atoms with Gasteiger partial charge < -0.3 is 4.90 Å². The smallest absolute Gasteiger partial charge is 0.258 e. The molecule has 1 fully saturated rings. The molecule has 1 aliphatic heterocycles. The summed E-state index contributed by atoms with van der Waals surface area (Å²) in [5.74, 6) is -0.0574. The number of hydrogen-bond donors (Lipinski definition) is 0. The van der Waals surface area contributed by atoms with E-state index in [1.165, 1.54) is 11.3 Å². The first-order valence-electron chi connectivity index (χ1n) is 9.86. The van der Waals surface area contributed by atoms with Crippen molar-refractivity contribution in [2.75, 3.05) is 26.2 Å². The van der Waals surface area contributed by atoms with Crippen LogP contribution >= 0.6 is 22.9 Å². The number of pyridine rings is 1. The standard InChI is InChI=1S/C21H19ClN6O2S/c22-20-16(27-6-2-1-3-17(27)24-20)4-5-18(29)26-9-7-25(8-10-26)14-15-13-19(30)28-11-12-31-21(28)23-15/h1-6,11-13H,7-10,14H2. The zero-order chi connectivity index (χ0) is 21.4. The molecule has 0 atom stereocenters. The summed E-state index contributed by atoms with van der Waals surface area (Å²) < 4.78 is 3.40. The van der Waals surface area contributed by atoms with E-state index in [4.69, 9.17) is 11.6 Å². The summed E-state index contributed by atoms with van der Waals surface area (Å²) >= 11 is 7.67. The number of imidazole rings is 1. The molecule has 1 amide bonds. The molecule has 158 valence electrons. The molecular weight excluding hydrogens is 436 g/mol. The first-order chi connectivity index (χ1) is 15.1. The van der Waals surface area contributed by atoms with Crippen molar-refractivity contribution >= 4 is 45.5 Å². The number of halogens is 1. The van der Waals surface area contributed by atoms with Crippen molar-refractivity contribution < 1.29 is 4.79 Å².